The van der Waals surface area contributed by atoms with Gasteiger partial charge in [-0.2, -0.15) is 0 Å². The van der Waals surface area contributed by atoms with Gasteiger partial charge < -0.3 is 25.4 Å². The topological polar surface area (TPSA) is 108 Å². The van der Waals surface area contributed by atoms with Crippen LogP contribution >= 0.6 is 11.6 Å². The Morgan fingerprint density at radius 2 is 1.84 bits per heavy atom. The normalized spacial score (nSPS) is 28.9. The molecule has 0 saturated carbocycles. The molecule has 2 bridgehead atoms. The average molecular weight is 526 g/mol. The van der Waals surface area contributed by atoms with Gasteiger partial charge in [0, 0.05) is 6.54 Å². The molecule has 0 aromatic heterocycles. The Kier molecular flexibility index (Phi) is 7.00. The quantitative estimate of drug-likeness (QED) is 0.491. The first kappa shape index (κ1) is 25.7. The first-order chi connectivity index (χ1) is 17.8. The molecule has 3 saturated heterocycles. The van der Waals surface area contributed by atoms with Gasteiger partial charge in [0.1, 0.15) is 11.6 Å². The summed E-state index contributed by atoms with van der Waals surface area (Å²) >= 11 is 6.30. The van der Waals surface area contributed by atoms with Gasteiger partial charge in [0.15, 0.2) is 0 Å². The summed E-state index contributed by atoms with van der Waals surface area (Å²) in [4.78, 5) is 42.8. The molecular weight excluding hydrogens is 494 g/mol. The lowest BCUT2D eigenvalue weighted by molar-refractivity contribution is -0.145. The zero-order chi connectivity index (χ0) is 26.3. The molecule has 3 N–H and O–H groups in total. The summed E-state index contributed by atoms with van der Waals surface area (Å²) in [5.41, 5.74) is 0.229. The number of amides is 3. The van der Waals surface area contributed by atoms with Crippen molar-refractivity contribution in [3.8, 4) is 0 Å². The number of fused-ring (bicyclic) bond motifs is 1. The highest BCUT2D eigenvalue weighted by Crippen LogP contribution is 2.59. The molecule has 3 amide bonds. The number of anilines is 1. The molecule has 0 aliphatic carbocycles. The number of carbonyl (C=O) groups excluding carboxylic acids is 3. The Morgan fingerprint density at radius 3 is 2.51 bits per heavy atom. The largest absolute Gasteiger partial charge is 0.394 e. The van der Waals surface area contributed by atoms with Crippen LogP contribution in [0.3, 0.4) is 0 Å². The number of aliphatic hydroxyl groups excluding tert-OH is 1. The number of halogens is 1. The predicted molar refractivity (Wildman–Crippen MR) is 139 cm³/mol. The second-order valence-electron chi connectivity index (χ2n) is 10.5. The fourth-order valence-electron chi connectivity index (χ4n) is 6.33. The van der Waals surface area contributed by atoms with Gasteiger partial charge in [-0.1, -0.05) is 67.9 Å². The lowest BCUT2D eigenvalue weighted by atomic mass is 9.70. The summed E-state index contributed by atoms with van der Waals surface area (Å²) in [6.07, 6.45) is 0.598. The number of aliphatic hydroxyl groups is 1. The van der Waals surface area contributed by atoms with Gasteiger partial charge in [0.2, 0.25) is 17.7 Å². The van der Waals surface area contributed by atoms with Gasteiger partial charge in [-0.05, 0) is 36.5 Å². The van der Waals surface area contributed by atoms with Crippen molar-refractivity contribution in [1.29, 1.82) is 0 Å². The second kappa shape index (κ2) is 10.1. The van der Waals surface area contributed by atoms with Gasteiger partial charge in [-0.15, -0.1) is 0 Å². The van der Waals surface area contributed by atoms with Crippen molar-refractivity contribution >= 4 is 35.0 Å². The van der Waals surface area contributed by atoms with Crippen molar-refractivity contribution < 1.29 is 24.2 Å². The summed E-state index contributed by atoms with van der Waals surface area (Å²) in [6.45, 7) is 3.81. The van der Waals surface area contributed by atoms with E-state index in [2.05, 4.69) is 10.6 Å². The molecule has 5 rings (SSSR count). The van der Waals surface area contributed by atoms with Crippen LogP contribution in [0.1, 0.15) is 32.3 Å². The van der Waals surface area contributed by atoms with Crippen LogP contribution in [0.25, 0.3) is 0 Å². The van der Waals surface area contributed by atoms with Gasteiger partial charge in [0.25, 0.3) is 0 Å². The van der Waals surface area contributed by atoms with E-state index in [9.17, 15) is 19.5 Å². The summed E-state index contributed by atoms with van der Waals surface area (Å²) in [5, 5.41) is 16.5. The molecule has 0 radical (unpaired) electrons. The lowest BCUT2D eigenvalue weighted by Gasteiger charge is -2.38. The van der Waals surface area contributed by atoms with Crippen LogP contribution in [-0.2, 0) is 25.7 Å². The van der Waals surface area contributed by atoms with E-state index in [0.717, 1.165) is 5.56 Å². The van der Waals surface area contributed by atoms with E-state index in [1.807, 2.05) is 44.2 Å². The highest BCUT2D eigenvalue weighted by Gasteiger charge is 2.75. The standard InChI is InChI=1S/C28H32ClN3O5/c1-16(2)20(15-33)32-24(26(35)31-19-11-7-6-10-18(19)29)28-13-12-21(37-28)22(23(28)27(32)36)25(34)30-14-17-8-4-3-5-9-17/h3-11,16,20-24,33H,12-15H2,1-2H3,(H,30,34)(H,31,35)/t20-,21-,22+,23-,24?,28?/m0/s1. The number of nitrogens with zero attached hydrogens (tertiary/aromatic N) is 1. The molecule has 3 heterocycles. The third kappa shape index (κ3) is 4.31. The highest BCUT2D eigenvalue weighted by molar-refractivity contribution is 6.33. The van der Waals surface area contributed by atoms with Crippen LogP contribution in [0, 0.1) is 17.8 Å². The number of benzene rings is 2. The Hall–Kier alpha value is -2.94. The van der Waals surface area contributed by atoms with Gasteiger partial charge in [0.05, 0.1) is 41.3 Å². The smallest absolute Gasteiger partial charge is 0.250 e. The molecule has 2 aromatic rings. The maximum absolute atomic E-state index is 14.0. The number of rotatable bonds is 8. The van der Waals surface area contributed by atoms with Crippen molar-refractivity contribution in [3.63, 3.8) is 0 Å². The zero-order valence-corrected chi connectivity index (χ0v) is 21.6. The highest BCUT2D eigenvalue weighted by atomic mass is 35.5. The maximum atomic E-state index is 14.0. The second-order valence-corrected chi connectivity index (χ2v) is 10.9. The number of hydrogen-bond donors (Lipinski definition) is 3. The third-order valence-corrected chi connectivity index (χ3v) is 8.37. The Balaban J connectivity index is 1.48. The van der Waals surface area contributed by atoms with Gasteiger partial charge in [-0.3, -0.25) is 14.4 Å². The van der Waals surface area contributed by atoms with Crippen molar-refractivity contribution in [2.45, 2.75) is 57.0 Å². The van der Waals surface area contributed by atoms with E-state index in [0.29, 0.717) is 30.1 Å². The Morgan fingerprint density at radius 1 is 1.14 bits per heavy atom. The maximum Gasteiger partial charge on any atom is 0.250 e. The number of ether oxygens (including phenoxy) is 1. The Labute approximate surface area is 221 Å². The van der Waals surface area contributed by atoms with Gasteiger partial charge >= 0.3 is 0 Å². The van der Waals surface area contributed by atoms with Crippen LogP contribution in [0.15, 0.2) is 54.6 Å². The van der Waals surface area contributed by atoms with Crippen LogP contribution in [-0.4, -0.2) is 58.1 Å². The monoisotopic (exact) mass is 525 g/mol. The fraction of sp³-hybridized carbons (Fsp3) is 0.464. The van der Waals surface area contributed by atoms with Crippen molar-refractivity contribution in [2.24, 2.45) is 17.8 Å². The predicted octanol–water partition coefficient (Wildman–Crippen LogP) is 2.99. The van der Waals surface area contributed by atoms with Crippen LogP contribution < -0.4 is 10.6 Å². The first-order valence-electron chi connectivity index (χ1n) is 12.8. The van der Waals surface area contributed by atoms with Crippen LogP contribution in [0.2, 0.25) is 5.02 Å². The minimum atomic E-state index is -1.15. The van der Waals surface area contributed by atoms with E-state index in [1.165, 1.54) is 4.90 Å². The third-order valence-electron chi connectivity index (χ3n) is 8.04. The summed E-state index contributed by atoms with van der Waals surface area (Å²) in [5.74, 6) is -2.66. The SMILES string of the molecule is CC(C)[C@H](CO)N1C(=O)[C@@H]2[C@H](C(=O)NCc3ccccc3)[C@@H]3CCC2(O3)C1C(=O)Nc1ccccc1Cl. The van der Waals surface area contributed by atoms with Gasteiger partial charge in [-0.25, -0.2) is 0 Å². The molecule has 3 fully saturated rings. The minimum Gasteiger partial charge on any atom is -0.394 e. The fourth-order valence-corrected chi connectivity index (χ4v) is 6.52. The molecule has 3 aliphatic heterocycles. The van der Waals surface area contributed by atoms with Crippen molar-refractivity contribution in [2.75, 3.05) is 11.9 Å². The lowest BCUT2D eigenvalue weighted by Crippen LogP contribution is -2.57. The molecule has 196 valence electrons. The summed E-state index contributed by atoms with van der Waals surface area (Å²) in [7, 11) is 0. The first-order valence-corrected chi connectivity index (χ1v) is 13.1. The number of likely N-dealkylation sites (tertiary alicyclic amines) is 1. The van der Waals surface area contributed by atoms with Crippen LogP contribution in [0.5, 0.6) is 0 Å². The summed E-state index contributed by atoms with van der Waals surface area (Å²) < 4.78 is 6.45. The van der Waals surface area contributed by atoms with Crippen molar-refractivity contribution in [1.82, 2.24) is 10.2 Å². The molecule has 2 unspecified atom stereocenters. The molecule has 6 atom stereocenters. The zero-order valence-electron chi connectivity index (χ0n) is 20.9. The number of nitrogens with one attached hydrogen (secondary N) is 2. The van der Waals surface area contributed by atoms with E-state index in [-0.39, 0.29) is 24.3 Å². The van der Waals surface area contributed by atoms with E-state index < -0.39 is 41.5 Å². The Bertz CT molecular complexity index is 1190. The van der Waals surface area contributed by atoms with E-state index in [4.69, 9.17) is 16.3 Å². The molecule has 1 spiro atoms. The van der Waals surface area contributed by atoms with Crippen molar-refractivity contribution in [3.05, 3.63) is 65.2 Å². The number of carbonyl (C=O) groups is 3. The molecule has 3 aliphatic rings. The molecule has 2 aromatic carbocycles. The molecule has 8 nitrogen and oxygen atoms in total. The molecule has 9 heteroatoms. The van der Waals surface area contributed by atoms with Crippen LogP contribution in [0.4, 0.5) is 5.69 Å². The minimum absolute atomic E-state index is 0.123. The number of hydrogen-bond acceptors (Lipinski definition) is 5. The van der Waals surface area contributed by atoms with E-state index >= 15 is 0 Å². The average Bonchev–Trinajstić information content (AvgIpc) is 3.52. The molecule has 37 heavy (non-hydrogen) atoms. The summed E-state index contributed by atoms with van der Waals surface area (Å²) in [6, 6.07) is 14.8. The molecular formula is C28H32ClN3O5. The van der Waals surface area contributed by atoms with E-state index in [1.54, 1.807) is 24.3 Å². The number of para-hydroxylation sites is 1.